The van der Waals surface area contributed by atoms with Crippen LogP contribution < -0.4 is 18.9 Å². The van der Waals surface area contributed by atoms with Crippen molar-refractivity contribution in [1.29, 1.82) is 0 Å². The lowest BCUT2D eigenvalue weighted by Crippen LogP contribution is -2.41. The first-order valence-electron chi connectivity index (χ1n) is 27.8. The second-order valence-electron chi connectivity index (χ2n) is 21.8. The van der Waals surface area contributed by atoms with Crippen LogP contribution in [0.1, 0.15) is 199 Å². The maximum Gasteiger partial charge on any atom is 0.123 e. The summed E-state index contributed by atoms with van der Waals surface area (Å²) in [5.74, 6) is 3.50. The van der Waals surface area contributed by atoms with Crippen LogP contribution in [0.4, 0.5) is 0 Å². The molecule has 2 aromatic rings. The number of nitrogens with zero attached hydrogens (tertiary/aromatic N) is 3. The quantitative estimate of drug-likeness (QED) is 0.0377. The molecular formula is C59H108N3O4+3. The van der Waals surface area contributed by atoms with Crippen molar-refractivity contribution in [2.75, 3.05) is 108 Å². The predicted octanol–water partition coefficient (Wildman–Crippen LogP) is 15.4. The van der Waals surface area contributed by atoms with Gasteiger partial charge in [-0.3, -0.25) is 0 Å². The van der Waals surface area contributed by atoms with Gasteiger partial charge >= 0.3 is 0 Å². The first kappa shape index (κ1) is 59.4. The molecule has 0 spiro atoms. The van der Waals surface area contributed by atoms with Crippen LogP contribution in [0, 0.1) is 0 Å². The Morgan fingerprint density at radius 3 is 0.788 bits per heavy atom. The molecule has 0 bridgehead atoms. The number of ether oxygens (including phenoxy) is 4. The van der Waals surface area contributed by atoms with Crippen molar-refractivity contribution in [2.24, 2.45) is 0 Å². The third kappa shape index (κ3) is 31.3. The minimum Gasteiger partial charge on any atom is -0.493 e. The summed E-state index contributed by atoms with van der Waals surface area (Å²) in [4.78, 5) is 0. The van der Waals surface area contributed by atoms with Crippen molar-refractivity contribution in [2.45, 2.75) is 188 Å². The maximum absolute atomic E-state index is 6.44. The van der Waals surface area contributed by atoms with Crippen LogP contribution in [0.2, 0.25) is 0 Å². The lowest BCUT2D eigenvalue weighted by atomic mass is 10.1. The molecule has 2 rings (SSSR count). The first-order valence-corrected chi connectivity index (χ1v) is 27.8. The van der Waals surface area contributed by atoms with Gasteiger partial charge in [-0.2, -0.15) is 0 Å². The Hall–Kier alpha value is -2.74. The molecule has 0 aliphatic rings. The number of unbranched alkanes of at least 4 members (excludes halogenated alkanes) is 18. The molecule has 0 aliphatic carbocycles. The van der Waals surface area contributed by atoms with E-state index in [0.29, 0.717) is 6.61 Å². The molecule has 0 atom stereocenters. The molecule has 66 heavy (non-hydrogen) atoms. The van der Waals surface area contributed by atoms with Crippen molar-refractivity contribution >= 4 is 12.2 Å². The summed E-state index contributed by atoms with van der Waals surface area (Å²) in [6.45, 7) is 19.5. The van der Waals surface area contributed by atoms with Crippen LogP contribution in [0.25, 0.3) is 12.2 Å². The van der Waals surface area contributed by atoms with Crippen molar-refractivity contribution < 1.29 is 32.4 Å². The van der Waals surface area contributed by atoms with Gasteiger partial charge in [-0.05, 0) is 157 Å². The molecule has 0 saturated carbocycles. The molecule has 0 heterocycles. The fourth-order valence-corrected chi connectivity index (χ4v) is 8.92. The fourth-order valence-electron chi connectivity index (χ4n) is 8.92. The van der Waals surface area contributed by atoms with Gasteiger partial charge in [0.25, 0.3) is 0 Å². The van der Waals surface area contributed by atoms with E-state index in [-0.39, 0.29) is 0 Å². The van der Waals surface area contributed by atoms with E-state index in [4.69, 9.17) is 18.9 Å². The molecule has 7 nitrogen and oxygen atoms in total. The highest BCUT2D eigenvalue weighted by atomic mass is 16.5. The van der Waals surface area contributed by atoms with E-state index in [1.807, 2.05) is 0 Å². The number of hydrogen-bond acceptors (Lipinski definition) is 4. The lowest BCUT2D eigenvalue weighted by Gasteiger charge is -2.30. The van der Waals surface area contributed by atoms with E-state index in [1.165, 1.54) is 174 Å². The average Bonchev–Trinajstić information content (AvgIpc) is 3.28. The molecule has 0 aromatic heterocycles. The number of hydrogen-bond donors (Lipinski definition) is 0. The van der Waals surface area contributed by atoms with E-state index < -0.39 is 0 Å². The van der Waals surface area contributed by atoms with E-state index in [0.717, 1.165) is 93.1 Å². The van der Waals surface area contributed by atoms with Gasteiger partial charge in [-0.1, -0.05) is 78.4 Å². The zero-order valence-electron chi connectivity index (χ0n) is 45.3. The van der Waals surface area contributed by atoms with Crippen molar-refractivity contribution in [3.8, 4) is 23.0 Å². The van der Waals surface area contributed by atoms with E-state index >= 15 is 0 Å². The molecule has 7 heteroatoms. The summed E-state index contributed by atoms with van der Waals surface area (Å²) < 4.78 is 28.8. The zero-order valence-corrected chi connectivity index (χ0v) is 45.3. The molecule has 0 amide bonds. The molecule has 380 valence electrons. The number of quaternary nitrogens is 3. The Balaban J connectivity index is 2.02. The predicted molar refractivity (Wildman–Crippen MR) is 287 cm³/mol. The lowest BCUT2D eigenvalue weighted by molar-refractivity contribution is -0.890. The van der Waals surface area contributed by atoms with Crippen LogP contribution in [-0.2, 0) is 0 Å². The normalized spacial score (nSPS) is 12.3. The summed E-state index contributed by atoms with van der Waals surface area (Å²) in [6.07, 6.45) is 35.9. The van der Waals surface area contributed by atoms with E-state index in [9.17, 15) is 0 Å². The molecular weight excluding hydrogens is 815 g/mol. The van der Waals surface area contributed by atoms with Crippen molar-refractivity contribution in [3.05, 3.63) is 47.5 Å². The van der Waals surface area contributed by atoms with Crippen LogP contribution in [-0.4, -0.2) is 121 Å². The van der Waals surface area contributed by atoms with Gasteiger partial charge in [0, 0.05) is 12.1 Å². The smallest absolute Gasteiger partial charge is 0.123 e. The molecule has 2 aromatic carbocycles. The minimum absolute atomic E-state index is 0.687. The van der Waals surface area contributed by atoms with Crippen LogP contribution in [0.15, 0.2) is 36.4 Å². The second kappa shape index (κ2) is 36.3. The zero-order chi connectivity index (χ0) is 48.2. The Bertz CT molecular complexity index is 1450. The Labute approximate surface area is 409 Å². The van der Waals surface area contributed by atoms with Crippen LogP contribution in [0.5, 0.6) is 23.0 Å². The fraction of sp³-hybridized carbons (Fsp3) is 0.763. The highest BCUT2D eigenvalue weighted by Gasteiger charge is 2.16. The third-order valence-corrected chi connectivity index (χ3v) is 13.4. The van der Waals surface area contributed by atoms with Gasteiger partial charge in [0.1, 0.15) is 23.0 Å². The number of benzene rings is 2. The van der Waals surface area contributed by atoms with Gasteiger partial charge in [0.05, 0.1) is 108 Å². The van der Waals surface area contributed by atoms with Crippen LogP contribution >= 0.6 is 0 Å². The maximum atomic E-state index is 6.44. The Morgan fingerprint density at radius 1 is 0.288 bits per heavy atom. The molecule has 0 unspecified atom stereocenters. The third-order valence-electron chi connectivity index (χ3n) is 13.4. The molecule has 0 N–H and O–H groups in total. The van der Waals surface area contributed by atoms with Gasteiger partial charge in [-0.15, -0.1) is 0 Å². The van der Waals surface area contributed by atoms with Gasteiger partial charge in [-0.25, -0.2) is 0 Å². The Morgan fingerprint density at radius 2 is 0.530 bits per heavy atom. The summed E-state index contributed by atoms with van der Waals surface area (Å²) in [5, 5.41) is 0. The SMILES string of the molecule is CCCCCC[N+](C)(C)CCCCCCOc1cc(/C=C/c2cc(OCCCCCC[N+](C)(C)CCCCCC)cc(OCCCCCC[N+](C)(C)CCCCCC)c2)cc(OCCC)c1. The second-order valence-corrected chi connectivity index (χ2v) is 21.8. The van der Waals surface area contributed by atoms with Gasteiger partial charge < -0.3 is 32.4 Å². The highest BCUT2D eigenvalue weighted by molar-refractivity contribution is 5.72. The van der Waals surface area contributed by atoms with Gasteiger partial charge in [0.2, 0.25) is 0 Å². The van der Waals surface area contributed by atoms with Crippen molar-refractivity contribution in [1.82, 2.24) is 0 Å². The number of rotatable bonds is 44. The molecule has 0 fully saturated rings. The van der Waals surface area contributed by atoms with E-state index in [1.54, 1.807) is 0 Å². The van der Waals surface area contributed by atoms with Crippen LogP contribution in [0.3, 0.4) is 0 Å². The Kier molecular flexibility index (Phi) is 32.6. The minimum atomic E-state index is 0.687. The summed E-state index contributed by atoms with van der Waals surface area (Å²) in [6, 6.07) is 12.7. The summed E-state index contributed by atoms with van der Waals surface area (Å²) in [5.41, 5.74) is 2.14. The highest BCUT2D eigenvalue weighted by Crippen LogP contribution is 2.28. The molecule has 0 saturated heterocycles. The van der Waals surface area contributed by atoms with Crippen molar-refractivity contribution in [3.63, 3.8) is 0 Å². The average molecular weight is 924 g/mol. The largest absolute Gasteiger partial charge is 0.493 e. The van der Waals surface area contributed by atoms with E-state index in [2.05, 4.69) is 119 Å². The summed E-state index contributed by atoms with van der Waals surface area (Å²) in [7, 11) is 14.4. The molecule has 0 aliphatic heterocycles. The monoisotopic (exact) mass is 923 g/mol. The first-order chi connectivity index (χ1) is 31.8. The van der Waals surface area contributed by atoms with Gasteiger partial charge in [0.15, 0.2) is 0 Å². The molecule has 0 radical (unpaired) electrons. The topological polar surface area (TPSA) is 36.9 Å². The summed E-state index contributed by atoms with van der Waals surface area (Å²) >= 11 is 0. The standard InChI is InChI=1S/C59H108N3O4/c1-11-15-18-27-38-60(5,6)41-30-21-24-33-45-64-57-49-54(48-56(52-57)63-44-14-4)36-37-55-50-58(65-46-34-25-22-31-42-61(7,8)39-28-19-16-12-2)53-59(51-55)66-47-35-26-23-32-43-62(9,10)40-29-20-17-13-3/h36-37,48-53H,11-35,38-47H2,1-10H3/q+3/b37-36+.